The fourth-order valence-corrected chi connectivity index (χ4v) is 2.39. The maximum atomic E-state index is 10.5. The molecule has 1 heterocycles. The molecule has 1 fully saturated rings. The van der Waals surface area contributed by atoms with Gasteiger partial charge in [0.1, 0.15) is 0 Å². The summed E-state index contributed by atoms with van der Waals surface area (Å²) >= 11 is 0. The highest BCUT2D eigenvalue weighted by molar-refractivity contribution is 5.66. The molecule has 3 heteroatoms. The molecule has 1 rings (SSSR count). The average molecular weight is 199 g/mol. The summed E-state index contributed by atoms with van der Waals surface area (Å²) in [5, 5.41) is 8.62. The Hall–Kier alpha value is -0.570. The molecule has 1 unspecified atom stereocenters. The molecule has 3 nitrogen and oxygen atoms in total. The molecule has 0 aromatic rings. The number of hydrogen-bond donors (Lipinski definition) is 1. The maximum absolute atomic E-state index is 10.5. The van der Waals surface area contributed by atoms with E-state index in [1.807, 2.05) is 0 Å². The van der Waals surface area contributed by atoms with E-state index in [0.29, 0.717) is 24.4 Å². The number of aliphatic carboxylic acids is 1. The first-order chi connectivity index (χ1) is 6.50. The molecular weight excluding hydrogens is 178 g/mol. The number of piperidine rings is 1. The van der Waals surface area contributed by atoms with E-state index in [-0.39, 0.29) is 0 Å². The first kappa shape index (κ1) is 11.5. The summed E-state index contributed by atoms with van der Waals surface area (Å²) < 4.78 is 0. The zero-order valence-electron chi connectivity index (χ0n) is 9.36. The highest BCUT2D eigenvalue weighted by Gasteiger charge is 2.27. The predicted octanol–water partition coefficient (Wildman–Crippen LogP) is 1.97. The number of likely N-dealkylation sites (tertiary alicyclic amines) is 1. The zero-order chi connectivity index (χ0) is 10.7. The van der Waals surface area contributed by atoms with Crippen LogP contribution in [0.15, 0.2) is 0 Å². The maximum Gasteiger partial charge on any atom is 0.303 e. The van der Waals surface area contributed by atoms with Crippen LogP contribution in [0.1, 0.15) is 39.5 Å². The Kier molecular flexibility index (Phi) is 3.93. The van der Waals surface area contributed by atoms with Gasteiger partial charge in [0.25, 0.3) is 0 Å². The van der Waals surface area contributed by atoms with Gasteiger partial charge in [-0.1, -0.05) is 0 Å². The normalized spacial score (nSPS) is 34.4. The lowest BCUT2D eigenvalue weighted by Crippen LogP contribution is -2.43. The highest BCUT2D eigenvalue weighted by atomic mass is 16.4. The van der Waals surface area contributed by atoms with E-state index in [1.54, 1.807) is 0 Å². The Balaban J connectivity index is 2.38. The van der Waals surface area contributed by atoms with Crippen molar-refractivity contribution in [3.05, 3.63) is 0 Å². The van der Waals surface area contributed by atoms with Crippen molar-refractivity contribution >= 4 is 5.97 Å². The largest absolute Gasteiger partial charge is 0.481 e. The molecule has 3 atom stereocenters. The fraction of sp³-hybridized carbons (Fsp3) is 0.909. The van der Waals surface area contributed by atoms with Crippen molar-refractivity contribution in [2.24, 2.45) is 5.92 Å². The quantitative estimate of drug-likeness (QED) is 0.755. The van der Waals surface area contributed by atoms with E-state index in [9.17, 15) is 4.79 Å². The number of carbonyl (C=O) groups is 1. The summed E-state index contributed by atoms with van der Waals surface area (Å²) in [4.78, 5) is 12.8. The van der Waals surface area contributed by atoms with Crippen LogP contribution in [-0.4, -0.2) is 35.1 Å². The Morgan fingerprint density at radius 2 is 1.86 bits per heavy atom. The smallest absolute Gasteiger partial charge is 0.303 e. The van der Waals surface area contributed by atoms with Crippen LogP contribution in [0.5, 0.6) is 0 Å². The topological polar surface area (TPSA) is 40.5 Å². The number of rotatable bonds is 3. The van der Waals surface area contributed by atoms with Gasteiger partial charge in [0.05, 0.1) is 0 Å². The molecule has 0 saturated carbocycles. The minimum atomic E-state index is -0.663. The molecule has 0 amide bonds. The van der Waals surface area contributed by atoms with Crippen LogP contribution in [0.4, 0.5) is 0 Å². The van der Waals surface area contributed by atoms with E-state index >= 15 is 0 Å². The van der Waals surface area contributed by atoms with Crippen LogP contribution in [0, 0.1) is 5.92 Å². The van der Waals surface area contributed by atoms with E-state index < -0.39 is 5.97 Å². The van der Waals surface area contributed by atoms with Crippen LogP contribution in [0.2, 0.25) is 0 Å². The Labute approximate surface area is 86.1 Å². The van der Waals surface area contributed by atoms with Gasteiger partial charge in [-0.25, -0.2) is 0 Å². The van der Waals surface area contributed by atoms with Crippen molar-refractivity contribution < 1.29 is 9.90 Å². The molecule has 0 aromatic heterocycles. The number of nitrogens with zero attached hydrogens (tertiary/aromatic N) is 1. The third-order valence-corrected chi connectivity index (χ3v) is 3.51. The third kappa shape index (κ3) is 2.98. The standard InChI is InChI=1S/C11H21NO2/c1-8-6-10(4-5-11(13)14)7-9(2)12(8)3/h8-10H,4-7H2,1-3H3,(H,13,14)/t8-,9+,10?. The summed E-state index contributed by atoms with van der Waals surface area (Å²) in [6, 6.07) is 1.19. The van der Waals surface area contributed by atoms with Gasteiger partial charge in [0.2, 0.25) is 0 Å². The van der Waals surface area contributed by atoms with Crippen molar-refractivity contribution in [2.45, 2.75) is 51.6 Å². The predicted molar refractivity (Wildman–Crippen MR) is 56.3 cm³/mol. The summed E-state index contributed by atoms with van der Waals surface area (Å²) in [5.41, 5.74) is 0. The molecule has 0 spiro atoms. The molecule has 1 N–H and O–H groups in total. The summed E-state index contributed by atoms with van der Waals surface area (Å²) in [5.74, 6) is -0.0588. The third-order valence-electron chi connectivity index (χ3n) is 3.51. The molecular formula is C11H21NO2. The lowest BCUT2D eigenvalue weighted by molar-refractivity contribution is -0.137. The minimum Gasteiger partial charge on any atom is -0.481 e. The van der Waals surface area contributed by atoms with Gasteiger partial charge >= 0.3 is 5.97 Å². The summed E-state index contributed by atoms with van der Waals surface area (Å²) in [6.07, 6.45) is 3.47. The molecule has 1 saturated heterocycles. The first-order valence-electron chi connectivity index (χ1n) is 5.44. The monoisotopic (exact) mass is 199 g/mol. The SMILES string of the molecule is C[C@@H]1CC(CCC(=O)O)C[C@H](C)N1C. The van der Waals surface area contributed by atoms with Crippen molar-refractivity contribution in [2.75, 3.05) is 7.05 Å². The lowest BCUT2D eigenvalue weighted by Gasteiger charge is -2.40. The van der Waals surface area contributed by atoms with Crippen molar-refractivity contribution in [1.82, 2.24) is 4.90 Å². The molecule has 0 aromatic carbocycles. The second-order valence-corrected chi connectivity index (χ2v) is 4.63. The first-order valence-corrected chi connectivity index (χ1v) is 5.44. The van der Waals surface area contributed by atoms with Crippen LogP contribution in [-0.2, 0) is 4.79 Å². The van der Waals surface area contributed by atoms with E-state index in [4.69, 9.17) is 5.11 Å². The second-order valence-electron chi connectivity index (χ2n) is 4.63. The summed E-state index contributed by atoms with van der Waals surface area (Å²) in [7, 11) is 2.16. The summed E-state index contributed by atoms with van der Waals surface area (Å²) in [6.45, 7) is 4.45. The van der Waals surface area contributed by atoms with Crippen LogP contribution in [0.25, 0.3) is 0 Å². The Morgan fingerprint density at radius 3 is 2.29 bits per heavy atom. The average Bonchev–Trinajstić information content (AvgIpc) is 2.10. The zero-order valence-corrected chi connectivity index (χ0v) is 9.36. The molecule has 0 aliphatic carbocycles. The fourth-order valence-electron chi connectivity index (χ4n) is 2.39. The minimum absolute atomic E-state index is 0.327. The van der Waals surface area contributed by atoms with Crippen LogP contribution < -0.4 is 0 Å². The highest BCUT2D eigenvalue weighted by Crippen LogP contribution is 2.29. The van der Waals surface area contributed by atoms with E-state index in [1.165, 1.54) is 0 Å². The van der Waals surface area contributed by atoms with Gasteiger partial charge in [0.15, 0.2) is 0 Å². The van der Waals surface area contributed by atoms with Gasteiger partial charge in [-0.05, 0) is 46.1 Å². The van der Waals surface area contributed by atoms with Gasteiger partial charge < -0.3 is 10.0 Å². The number of carboxylic acid groups (broad SMARTS) is 1. The van der Waals surface area contributed by atoms with E-state index in [2.05, 4.69) is 25.8 Å². The lowest BCUT2D eigenvalue weighted by atomic mass is 9.84. The molecule has 82 valence electrons. The number of carboxylic acids is 1. The van der Waals surface area contributed by atoms with Crippen molar-refractivity contribution in [3.8, 4) is 0 Å². The second kappa shape index (κ2) is 4.78. The molecule has 0 radical (unpaired) electrons. The molecule has 0 bridgehead atoms. The molecule has 1 aliphatic rings. The van der Waals surface area contributed by atoms with Crippen LogP contribution in [0.3, 0.4) is 0 Å². The van der Waals surface area contributed by atoms with Crippen molar-refractivity contribution in [1.29, 1.82) is 0 Å². The van der Waals surface area contributed by atoms with Gasteiger partial charge in [-0.2, -0.15) is 0 Å². The van der Waals surface area contributed by atoms with Crippen LogP contribution >= 0.6 is 0 Å². The van der Waals surface area contributed by atoms with Crippen molar-refractivity contribution in [3.63, 3.8) is 0 Å². The number of hydrogen-bond acceptors (Lipinski definition) is 2. The molecule has 14 heavy (non-hydrogen) atoms. The van der Waals surface area contributed by atoms with Gasteiger partial charge in [-0.15, -0.1) is 0 Å². The van der Waals surface area contributed by atoms with Gasteiger partial charge in [0, 0.05) is 18.5 Å². The van der Waals surface area contributed by atoms with E-state index in [0.717, 1.165) is 19.3 Å². The Morgan fingerprint density at radius 1 is 1.36 bits per heavy atom. The Bertz CT molecular complexity index is 193. The molecule has 1 aliphatic heterocycles. The van der Waals surface area contributed by atoms with Gasteiger partial charge in [-0.3, -0.25) is 4.79 Å².